The SMILES string of the molecule is COCCOC(=O)CSCc1cccc(C#N)c1. The Balaban J connectivity index is 2.24. The second-order valence-electron chi connectivity index (χ2n) is 3.52. The van der Waals surface area contributed by atoms with Gasteiger partial charge in [-0.15, -0.1) is 11.8 Å². The average molecular weight is 265 g/mol. The number of carbonyl (C=O) groups is 1. The zero-order valence-electron chi connectivity index (χ0n) is 10.2. The minimum Gasteiger partial charge on any atom is -0.463 e. The third-order valence-corrected chi connectivity index (χ3v) is 3.07. The first-order valence-corrected chi connectivity index (χ1v) is 6.63. The van der Waals surface area contributed by atoms with E-state index in [0.717, 1.165) is 5.56 Å². The van der Waals surface area contributed by atoms with Crippen LogP contribution in [-0.4, -0.2) is 32.0 Å². The van der Waals surface area contributed by atoms with Crippen LogP contribution in [-0.2, 0) is 20.0 Å². The highest BCUT2D eigenvalue weighted by molar-refractivity contribution is 7.99. The quantitative estimate of drug-likeness (QED) is 0.557. The molecule has 0 bridgehead atoms. The van der Waals surface area contributed by atoms with Crippen LogP contribution in [0.4, 0.5) is 0 Å². The van der Waals surface area contributed by atoms with Gasteiger partial charge in [0, 0.05) is 12.9 Å². The van der Waals surface area contributed by atoms with Crippen LogP contribution in [0.15, 0.2) is 24.3 Å². The van der Waals surface area contributed by atoms with Gasteiger partial charge in [0.2, 0.25) is 0 Å². The summed E-state index contributed by atoms with van der Waals surface area (Å²) < 4.78 is 9.71. The topological polar surface area (TPSA) is 59.3 Å². The Morgan fingerprint density at radius 3 is 3.00 bits per heavy atom. The van der Waals surface area contributed by atoms with E-state index >= 15 is 0 Å². The molecule has 18 heavy (non-hydrogen) atoms. The number of carbonyl (C=O) groups excluding carboxylic acids is 1. The minimum atomic E-state index is -0.242. The van der Waals surface area contributed by atoms with E-state index in [-0.39, 0.29) is 5.97 Å². The smallest absolute Gasteiger partial charge is 0.315 e. The maximum Gasteiger partial charge on any atom is 0.315 e. The summed E-state index contributed by atoms with van der Waals surface area (Å²) >= 11 is 1.47. The molecule has 0 saturated carbocycles. The molecule has 96 valence electrons. The first kappa shape index (κ1) is 14.6. The van der Waals surface area contributed by atoms with Crippen molar-refractivity contribution in [2.75, 3.05) is 26.1 Å². The largest absolute Gasteiger partial charge is 0.463 e. The molecule has 0 aliphatic heterocycles. The average Bonchev–Trinajstić information content (AvgIpc) is 2.39. The molecule has 0 unspecified atom stereocenters. The highest BCUT2D eigenvalue weighted by Gasteiger charge is 2.03. The fraction of sp³-hybridized carbons (Fsp3) is 0.385. The molecule has 0 N–H and O–H groups in total. The van der Waals surface area contributed by atoms with Crippen molar-refractivity contribution < 1.29 is 14.3 Å². The zero-order valence-corrected chi connectivity index (χ0v) is 11.0. The van der Waals surface area contributed by atoms with Gasteiger partial charge in [-0.25, -0.2) is 0 Å². The number of benzene rings is 1. The van der Waals surface area contributed by atoms with Gasteiger partial charge in [-0.05, 0) is 17.7 Å². The predicted octanol–water partition coefficient (Wildman–Crippen LogP) is 1.98. The first-order valence-electron chi connectivity index (χ1n) is 5.47. The van der Waals surface area contributed by atoms with E-state index < -0.39 is 0 Å². The minimum absolute atomic E-state index is 0.242. The summed E-state index contributed by atoms with van der Waals surface area (Å²) in [7, 11) is 1.56. The summed E-state index contributed by atoms with van der Waals surface area (Å²) in [4.78, 5) is 11.3. The number of ether oxygens (including phenoxy) is 2. The number of hydrogen-bond donors (Lipinski definition) is 0. The first-order chi connectivity index (χ1) is 8.76. The number of nitriles is 1. The second-order valence-corrected chi connectivity index (χ2v) is 4.50. The van der Waals surface area contributed by atoms with Crippen molar-refractivity contribution in [3.05, 3.63) is 35.4 Å². The molecule has 0 fully saturated rings. The van der Waals surface area contributed by atoms with Gasteiger partial charge in [0.1, 0.15) is 6.61 Å². The van der Waals surface area contributed by atoms with Gasteiger partial charge in [0.25, 0.3) is 0 Å². The van der Waals surface area contributed by atoms with E-state index in [1.807, 2.05) is 18.2 Å². The van der Waals surface area contributed by atoms with Crippen molar-refractivity contribution in [1.29, 1.82) is 5.26 Å². The van der Waals surface area contributed by atoms with Crippen LogP contribution in [0.25, 0.3) is 0 Å². The molecular weight excluding hydrogens is 250 g/mol. The molecular formula is C13H15NO3S. The fourth-order valence-corrected chi connectivity index (χ4v) is 2.03. The van der Waals surface area contributed by atoms with Crippen LogP contribution in [0.3, 0.4) is 0 Å². The molecule has 0 aromatic heterocycles. The summed E-state index contributed by atoms with van der Waals surface area (Å²) in [5.74, 6) is 0.753. The Labute approximate surface area is 111 Å². The lowest BCUT2D eigenvalue weighted by Crippen LogP contribution is -2.11. The van der Waals surface area contributed by atoms with Gasteiger partial charge in [-0.3, -0.25) is 4.79 Å². The molecule has 1 rings (SSSR count). The standard InChI is InChI=1S/C13H15NO3S/c1-16-5-6-17-13(15)10-18-9-12-4-2-3-11(7-12)8-14/h2-4,7H,5-6,9-10H2,1H3. The Morgan fingerprint density at radius 2 is 2.28 bits per heavy atom. The van der Waals surface area contributed by atoms with E-state index in [4.69, 9.17) is 14.7 Å². The monoisotopic (exact) mass is 265 g/mol. The summed E-state index contributed by atoms with van der Waals surface area (Å²) in [6.07, 6.45) is 0. The Kier molecular flexibility index (Phi) is 6.92. The Morgan fingerprint density at radius 1 is 1.44 bits per heavy atom. The molecule has 5 heteroatoms. The van der Waals surface area contributed by atoms with E-state index in [9.17, 15) is 4.79 Å². The highest BCUT2D eigenvalue weighted by Crippen LogP contribution is 2.13. The van der Waals surface area contributed by atoms with Gasteiger partial charge < -0.3 is 9.47 Å². The summed E-state index contributed by atoms with van der Waals surface area (Å²) in [6, 6.07) is 9.44. The van der Waals surface area contributed by atoms with Crippen LogP contribution >= 0.6 is 11.8 Å². The normalized spacial score (nSPS) is 9.78. The van der Waals surface area contributed by atoms with Crippen molar-refractivity contribution in [2.45, 2.75) is 5.75 Å². The number of esters is 1. The van der Waals surface area contributed by atoms with E-state index in [0.29, 0.717) is 30.3 Å². The van der Waals surface area contributed by atoms with E-state index in [1.54, 1.807) is 13.2 Å². The molecule has 0 spiro atoms. The molecule has 0 amide bonds. The van der Waals surface area contributed by atoms with Crippen LogP contribution in [0, 0.1) is 11.3 Å². The van der Waals surface area contributed by atoms with Gasteiger partial charge in [-0.1, -0.05) is 12.1 Å². The lowest BCUT2D eigenvalue weighted by atomic mass is 10.2. The van der Waals surface area contributed by atoms with E-state index in [2.05, 4.69) is 6.07 Å². The second kappa shape index (κ2) is 8.56. The van der Waals surface area contributed by atoms with Gasteiger partial charge in [0.05, 0.1) is 24.0 Å². The lowest BCUT2D eigenvalue weighted by molar-refractivity contribution is -0.141. The number of methoxy groups -OCH3 is 1. The summed E-state index contributed by atoms with van der Waals surface area (Å²) in [6.45, 7) is 0.709. The Hall–Kier alpha value is -1.51. The molecule has 0 saturated heterocycles. The zero-order chi connectivity index (χ0) is 13.2. The van der Waals surface area contributed by atoms with Gasteiger partial charge >= 0.3 is 5.97 Å². The number of thioether (sulfide) groups is 1. The molecule has 0 heterocycles. The molecule has 4 nitrogen and oxygen atoms in total. The maximum atomic E-state index is 11.3. The van der Waals surface area contributed by atoms with Crippen molar-refractivity contribution in [2.24, 2.45) is 0 Å². The third-order valence-electron chi connectivity index (χ3n) is 2.10. The van der Waals surface area contributed by atoms with Crippen molar-refractivity contribution >= 4 is 17.7 Å². The van der Waals surface area contributed by atoms with Gasteiger partial charge in [0.15, 0.2) is 0 Å². The van der Waals surface area contributed by atoms with Crippen LogP contribution in [0.5, 0.6) is 0 Å². The molecule has 0 atom stereocenters. The molecule has 1 aromatic carbocycles. The lowest BCUT2D eigenvalue weighted by Gasteiger charge is -2.04. The fourth-order valence-electron chi connectivity index (χ4n) is 1.26. The van der Waals surface area contributed by atoms with Gasteiger partial charge in [-0.2, -0.15) is 5.26 Å². The van der Waals surface area contributed by atoms with E-state index in [1.165, 1.54) is 11.8 Å². The molecule has 0 aliphatic carbocycles. The van der Waals surface area contributed by atoms with Crippen molar-refractivity contribution in [3.63, 3.8) is 0 Å². The van der Waals surface area contributed by atoms with Crippen LogP contribution < -0.4 is 0 Å². The van der Waals surface area contributed by atoms with Crippen LogP contribution in [0.2, 0.25) is 0 Å². The van der Waals surface area contributed by atoms with Crippen LogP contribution in [0.1, 0.15) is 11.1 Å². The third kappa shape index (κ3) is 5.71. The molecule has 0 aliphatic rings. The highest BCUT2D eigenvalue weighted by atomic mass is 32.2. The number of nitrogens with zero attached hydrogens (tertiary/aromatic N) is 1. The Bertz CT molecular complexity index is 428. The summed E-state index contributed by atoms with van der Waals surface area (Å²) in [5, 5.41) is 8.75. The van der Waals surface area contributed by atoms with Crippen molar-refractivity contribution in [3.8, 4) is 6.07 Å². The maximum absolute atomic E-state index is 11.3. The molecule has 1 aromatic rings. The summed E-state index contributed by atoms with van der Waals surface area (Å²) in [5.41, 5.74) is 1.67. The molecule has 0 radical (unpaired) electrons. The van der Waals surface area contributed by atoms with Crippen molar-refractivity contribution in [1.82, 2.24) is 0 Å². The number of rotatable bonds is 7. The number of hydrogen-bond acceptors (Lipinski definition) is 5. The predicted molar refractivity (Wildman–Crippen MR) is 70.2 cm³/mol.